The van der Waals surface area contributed by atoms with E-state index in [9.17, 15) is 0 Å². The van der Waals surface area contributed by atoms with Gasteiger partial charge in [-0.25, -0.2) is 0 Å². The quantitative estimate of drug-likeness (QED) is 0.106. The van der Waals surface area contributed by atoms with Crippen LogP contribution in [0.1, 0.15) is 49.9 Å². The lowest BCUT2D eigenvalue weighted by Crippen LogP contribution is -2.15. The summed E-state index contributed by atoms with van der Waals surface area (Å²) in [7, 11) is 6.76. The molecule has 11 aromatic carbocycles. The third kappa shape index (κ3) is 8.96. The van der Waals surface area contributed by atoms with Crippen LogP contribution in [0, 0.1) is 0 Å². The molecule has 2 aliphatic carbocycles. The second-order valence-electron chi connectivity index (χ2n) is 23.5. The van der Waals surface area contributed by atoms with E-state index in [4.69, 9.17) is 36.4 Å². The first-order valence-corrected chi connectivity index (χ1v) is 30.8. The summed E-state index contributed by atoms with van der Waals surface area (Å²) in [5.41, 5.74) is 27.7. The zero-order chi connectivity index (χ0) is 60.0. The number of benzene rings is 11. The molecule has 88 heavy (non-hydrogen) atoms. The molecule has 1 aromatic heterocycles. The standard InChI is InChI=1S/C76H60N6O4S2/c1-75(2)65-41-47(45-9-17-51(18-10-45)81(53-21-29-57(83-5)30-22-53)54-23-31-58(84-6)32-24-54)13-37-61(65)63-39-15-49(43-67(63)75)69-71-73(79-87-77-71)70(74-72(69)78-88-80-74)50-16-40-64-62-38-14-48(42-66(62)76(3,4)68(64)44-50)46-11-19-52(20-12-46)82(55-25-33-59(85-7)34-26-55)56-27-35-60(86-8)36-28-56/h9-44H,1-8H3. The van der Waals surface area contributed by atoms with Crippen LogP contribution in [0.4, 0.5) is 45.5 Å². The second kappa shape index (κ2) is 21.4. The molecular weight excluding hydrogens is 1130 g/mol. The molecule has 1 aliphatic heterocycles. The van der Waals surface area contributed by atoms with E-state index in [1.54, 1.807) is 28.4 Å². The smallest absolute Gasteiger partial charge is 0.119 e. The fourth-order valence-corrected chi connectivity index (χ4v) is 14.5. The van der Waals surface area contributed by atoms with Gasteiger partial charge < -0.3 is 28.7 Å². The molecule has 0 bridgehead atoms. The number of methoxy groups -OCH3 is 4. The molecule has 0 amide bonds. The Hall–Kier alpha value is -10.1. The highest BCUT2D eigenvalue weighted by Gasteiger charge is 2.39. The Kier molecular flexibility index (Phi) is 13.2. The fourth-order valence-electron chi connectivity index (χ4n) is 13.4. The van der Waals surface area contributed by atoms with Crippen molar-refractivity contribution in [3.05, 3.63) is 241 Å². The molecule has 10 nitrogen and oxygen atoms in total. The van der Waals surface area contributed by atoms with Crippen LogP contribution in [0.5, 0.6) is 23.0 Å². The molecule has 0 radical (unpaired) electrons. The summed E-state index contributed by atoms with van der Waals surface area (Å²) in [6.45, 7) is 9.36. The number of ether oxygens (including phenoxy) is 4. The van der Waals surface area contributed by atoms with Gasteiger partial charge in [-0.05, 0) is 223 Å². The minimum absolute atomic E-state index is 0.298. The van der Waals surface area contributed by atoms with Gasteiger partial charge in [0.15, 0.2) is 0 Å². The first-order chi connectivity index (χ1) is 42.9. The van der Waals surface area contributed by atoms with E-state index in [0.29, 0.717) is 0 Å². The molecule has 0 fully saturated rings. The number of nitrogens with zero attached hydrogens (tertiary/aromatic N) is 6. The summed E-state index contributed by atoms with van der Waals surface area (Å²) in [4.78, 5) is 4.49. The van der Waals surface area contributed by atoms with Gasteiger partial charge in [0.25, 0.3) is 0 Å². The van der Waals surface area contributed by atoms with Gasteiger partial charge in [-0.2, -0.15) is 17.5 Å². The Morgan fingerprint density at radius 1 is 0.307 bits per heavy atom. The summed E-state index contributed by atoms with van der Waals surface area (Å²) < 4.78 is 42.3. The minimum atomic E-state index is -0.298. The van der Waals surface area contributed by atoms with E-state index in [0.717, 1.165) is 113 Å². The molecule has 0 saturated heterocycles. The minimum Gasteiger partial charge on any atom is -0.497 e. The van der Waals surface area contributed by atoms with Crippen LogP contribution in [-0.4, -0.2) is 37.2 Å². The molecule has 15 rings (SSSR count). The molecule has 0 unspecified atom stereocenters. The lowest BCUT2D eigenvalue weighted by molar-refractivity contribution is 0.414. The van der Waals surface area contributed by atoms with Gasteiger partial charge in [0.2, 0.25) is 0 Å². The normalized spacial score (nSPS) is 13.5. The predicted molar refractivity (Wildman–Crippen MR) is 361 cm³/mol. The highest BCUT2D eigenvalue weighted by atomic mass is 32.1. The predicted octanol–water partition coefficient (Wildman–Crippen LogP) is 20.7. The van der Waals surface area contributed by atoms with E-state index in [1.807, 2.05) is 48.5 Å². The van der Waals surface area contributed by atoms with Crippen molar-refractivity contribution < 1.29 is 18.9 Å². The number of anilines is 6. The average molecular weight is 1190 g/mol. The van der Waals surface area contributed by atoms with Crippen LogP contribution in [0.25, 0.3) is 77.8 Å². The summed E-state index contributed by atoms with van der Waals surface area (Å²) in [5.74, 6) is 3.24. The molecule has 3 aliphatic rings. The lowest BCUT2D eigenvalue weighted by Gasteiger charge is -2.26. The molecular formula is C76H60N6O4S2. The molecule has 0 spiro atoms. The Morgan fingerprint density at radius 3 is 0.841 bits per heavy atom. The highest BCUT2D eigenvalue weighted by Crippen LogP contribution is 2.57. The first-order valence-electron chi connectivity index (χ1n) is 29.3. The SMILES string of the molecule is COc1ccc(N(c2ccc(OC)cc2)c2ccc(-c3ccc4c(c3)C(C)(C)c3cc(-c5c6c(c(-c7ccc8c(c7)C(C)(C)c7cc(-c9ccc(N(c%10ccc(OC)cc%10)c%10ccc(OC)cc%10)cc9)ccc7-8)c7nsnc57)N=S=N6)ccc3-4)cc2)cc1. The number of hydrogen-bond donors (Lipinski definition) is 0. The van der Waals surface area contributed by atoms with Crippen molar-refractivity contribution in [2.75, 3.05) is 38.2 Å². The van der Waals surface area contributed by atoms with Gasteiger partial charge in [0.1, 0.15) is 45.4 Å². The van der Waals surface area contributed by atoms with Gasteiger partial charge >= 0.3 is 0 Å². The van der Waals surface area contributed by atoms with E-state index in [2.05, 4.69) is 207 Å². The number of hydrogen-bond acceptors (Lipinski definition) is 11. The average Bonchev–Trinajstić information content (AvgIpc) is 1.60. The third-order valence-electron chi connectivity index (χ3n) is 18.1. The third-order valence-corrected chi connectivity index (χ3v) is 19.2. The Balaban J connectivity index is 0.718. The van der Waals surface area contributed by atoms with Crippen molar-refractivity contribution >= 4 is 79.6 Å². The Labute approximate surface area is 520 Å². The van der Waals surface area contributed by atoms with Crippen molar-refractivity contribution in [2.24, 2.45) is 8.73 Å². The number of rotatable bonds is 14. The van der Waals surface area contributed by atoms with Crippen LogP contribution in [0.2, 0.25) is 0 Å². The number of fused-ring (bicyclic) bond motifs is 8. The molecule has 12 heteroatoms. The van der Waals surface area contributed by atoms with E-state index in [-0.39, 0.29) is 10.8 Å². The van der Waals surface area contributed by atoms with Crippen molar-refractivity contribution in [1.82, 2.24) is 8.75 Å². The summed E-state index contributed by atoms with van der Waals surface area (Å²) in [6.07, 6.45) is 0. The molecule has 0 atom stereocenters. The summed E-state index contributed by atoms with van der Waals surface area (Å²) in [5, 5.41) is 0. The maximum absolute atomic E-state index is 5.50. The van der Waals surface area contributed by atoms with Crippen LogP contribution in [0.15, 0.2) is 227 Å². The van der Waals surface area contributed by atoms with Crippen LogP contribution in [0.3, 0.4) is 0 Å². The van der Waals surface area contributed by atoms with E-state index < -0.39 is 0 Å². The maximum atomic E-state index is 5.50. The lowest BCUT2D eigenvalue weighted by atomic mass is 9.80. The molecule has 430 valence electrons. The first kappa shape index (κ1) is 54.5. The Bertz CT molecular complexity index is 4410. The monoisotopic (exact) mass is 1180 g/mol. The van der Waals surface area contributed by atoms with Crippen molar-refractivity contribution in [1.29, 1.82) is 0 Å². The van der Waals surface area contributed by atoms with E-state index >= 15 is 0 Å². The van der Waals surface area contributed by atoms with Gasteiger partial charge in [0.05, 0.1) is 51.5 Å². The van der Waals surface area contributed by atoms with Crippen molar-refractivity contribution in [3.63, 3.8) is 0 Å². The maximum Gasteiger partial charge on any atom is 0.119 e. The largest absolute Gasteiger partial charge is 0.497 e. The second-order valence-corrected chi connectivity index (χ2v) is 24.6. The zero-order valence-corrected chi connectivity index (χ0v) is 51.6. The van der Waals surface area contributed by atoms with E-state index in [1.165, 1.54) is 78.7 Å². The van der Waals surface area contributed by atoms with Crippen molar-refractivity contribution in [3.8, 4) is 89.8 Å². The van der Waals surface area contributed by atoms with Crippen LogP contribution >= 0.6 is 11.7 Å². The molecule has 0 saturated carbocycles. The summed E-state index contributed by atoms with van der Waals surface area (Å²) >= 11 is 2.49. The van der Waals surface area contributed by atoms with Gasteiger partial charge in [-0.15, -0.1) is 0 Å². The highest BCUT2D eigenvalue weighted by molar-refractivity contribution is 7.58. The van der Waals surface area contributed by atoms with Crippen molar-refractivity contribution in [2.45, 2.75) is 38.5 Å². The van der Waals surface area contributed by atoms with Gasteiger partial charge in [-0.3, -0.25) is 0 Å². The summed E-state index contributed by atoms with van der Waals surface area (Å²) in [6, 6.07) is 77.9. The zero-order valence-electron chi connectivity index (χ0n) is 49.9. The molecule has 12 aromatic rings. The van der Waals surface area contributed by atoms with Gasteiger partial charge in [0, 0.05) is 56.1 Å². The Morgan fingerprint density at radius 2 is 0.557 bits per heavy atom. The molecule has 0 N–H and O–H groups in total. The van der Waals surface area contributed by atoms with Crippen LogP contribution < -0.4 is 28.7 Å². The topological polar surface area (TPSA) is 93.9 Å². The fraction of sp³-hybridized carbons (Fsp3) is 0.132. The number of aromatic nitrogens is 2. The molecule has 2 heterocycles. The van der Waals surface area contributed by atoms with Crippen LogP contribution in [-0.2, 0) is 22.2 Å². The van der Waals surface area contributed by atoms with Gasteiger partial charge in [-0.1, -0.05) is 100 Å².